The average molecular weight is 251 g/mol. The highest BCUT2D eigenvalue weighted by Gasteiger charge is 2.37. The quantitative estimate of drug-likeness (QED) is 0.718. The van der Waals surface area contributed by atoms with Crippen molar-refractivity contribution in [1.82, 2.24) is 10.3 Å². The summed E-state index contributed by atoms with van der Waals surface area (Å²) in [6.07, 6.45) is -4.51. The van der Waals surface area contributed by atoms with Crippen LogP contribution in [0.15, 0.2) is 4.63 Å². The van der Waals surface area contributed by atoms with Crippen LogP contribution in [0.3, 0.4) is 0 Å². The van der Waals surface area contributed by atoms with Crippen LogP contribution in [-0.4, -0.2) is 10.3 Å². The molecule has 1 aromatic carbocycles. The van der Waals surface area contributed by atoms with Crippen LogP contribution < -0.4 is 0 Å². The van der Waals surface area contributed by atoms with Crippen LogP contribution in [0, 0.1) is 13.8 Å². The highest BCUT2D eigenvalue weighted by molar-refractivity contribution is 6.33. The Morgan fingerprint density at radius 2 is 1.56 bits per heavy atom. The Bertz CT molecular complexity index is 562. The number of halogens is 4. The minimum Gasteiger partial charge on any atom is -0.243 e. The lowest BCUT2D eigenvalue weighted by Gasteiger charge is -2.13. The topological polar surface area (TPSA) is 38.9 Å². The molecular formula is C9H6ClF3N2O. The van der Waals surface area contributed by atoms with E-state index in [9.17, 15) is 13.2 Å². The summed E-state index contributed by atoms with van der Waals surface area (Å²) < 4.78 is 42.7. The van der Waals surface area contributed by atoms with Crippen molar-refractivity contribution in [2.24, 2.45) is 0 Å². The Morgan fingerprint density at radius 3 is 2.06 bits per heavy atom. The Balaban J connectivity index is 2.94. The van der Waals surface area contributed by atoms with Crippen molar-refractivity contribution in [1.29, 1.82) is 0 Å². The third-order valence-electron chi connectivity index (χ3n) is 2.41. The lowest BCUT2D eigenvalue weighted by Crippen LogP contribution is -2.10. The minimum absolute atomic E-state index is 0.0700. The van der Waals surface area contributed by atoms with E-state index in [-0.39, 0.29) is 27.2 Å². The van der Waals surface area contributed by atoms with Crippen molar-refractivity contribution in [3.63, 3.8) is 0 Å². The number of fused-ring (bicyclic) bond motifs is 1. The van der Waals surface area contributed by atoms with Crippen LogP contribution in [-0.2, 0) is 6.18 Å². The first-order chi connectivity index (χ1) is 7.34. The fourth-order valence-electron chi connectivity index (χ4n) is 1.59. The van der Waals surface area contributed by atoms with Gasteiger partial charge in [-0.2, -0.15) is 13.2 Å². The highest BCUT2D eigenvalue weighted by Crippen LogP contribution is 2.41. The summed E-state index contributed by atoms with van der Waals surface area (Å²) in [4.78, 5) is 0. The molecule has 0 fully saturated rings. The SMILES string of the molecule is Cc1c(Cl)c(C(F)(F)F)c(C)c2nonc12. The summed E-state index contributed by atoms with van der Waals surface area (Å²) >= 11 is 5.69. The molecule has 1 heterocycles. The number of benzene rings is 1. The largest absolute Gasteiger partial charge is 0.418 e. The van der Waals surface area contributed by atoms with Crippen molar-refractivity contribution in [2.45, 2.75) is 20.0 Å². The van der Waals surface area contributed by atoms with E-state index < -0.39 is 11.7 Å². The smallest absolute Gasteiger partial charge is 0.243 e. The summed E-state index contributed by atoms with van der Waals surface area (Å²) in [6, 6.07) is 0. The number of rotatable bonds is 0. The summed E-state index contributed by atoms with van der Waals surface area (Å²) in [6.45, 7) is 2.74. The van der Waals surface area contributed by atoms with Gasteiger partial charge in [-0.25, -0.2) is 4.63 Å². The first kappa shape index (κ1) is 11.2. The molecule has 2 aromatic rings. The molecule has 0 unspecified atom stereocenters. The van der Waals surface area contributed by atoms with Gasteiger partial charge in [0.25, 0.3) is 0 Å². The van der Waals surface area contributed by atoms with Gasteiger partial charge < -0.3 is 0 Å². The van der Waals surface area contributed by atoms with Gasteiger partial charge in [0.2, 0.25) is 0 Å². The van der Waals surface area contributed by atoms with Gasteiger partial charge in [0, 0.05) is 0 Å². The van der Waals surface area contributed by atoms with E-state index in [1.165, 1.54) is 13.8 Å². The molecule has 0 spiro atoms. The summed E-state index contributed by atoms with van der Waals surface area (Å²) in [5.74, 6) is 0. The van der Waals surface area contributed by atoms with Gasteiger partial charge in [0.15, 0.2) is 0 Å². The molecule has 0 radical (unpaired) electrons. The summed E-state index contributed by atoms with van der Waals surface area (Å²) in [5, 5.41) is 6.62. The maximum absolute atomic E-state index is 12.8. The molecule has 2 rings (SSSR count). The molecule has 1 aromatic heterocycles. The van der Waals surface area contributed by atoms with Crippen molar-refractivity contribution in [3.05, 3.63) is 21.7 Å². The van der Waals surface area contributed by atoms with E-state index in [4.69, 9.17) is 11.6 Å². The molecule has 0 atom stereocenters. The van der Waals surface area contributed by atoms with Crippen molar-refractivity contribution < 1.29 is 17.8 Å². The zero-order chi connectivity index (χ0) is 12.1. The van der Waals surface area contributed by atoms with Crippen LogP contribution in [0.2, 0.25) is 5.02 Å². The van der Waals surface area contributed by atoms with E-state index in [2.05, 4.69) is 14.9 Å². The zero-order valence-corrected chi connectivity index (χ0v) is 9.07. The second-order valence-corrected chi connectivity index (χ2v) is 3.78. The van der Waals surface area contributed by atoms with Gasteiger partial charge in [0.1, 0.15) is 11.0 Å². The zero-order valence-electron chi connectivity index (χ0n) is 8.31. The standard InChI is InChI=1S/C9H6ClF3N2O/c1-3-5(9(11,12)13)6(10)4(2)8-7(3)14-16-15-8/h1-2H3. The Labute approximate surface area is 93.1 Å². The third-order valence-corrected chi connectivity index (χ3v) is 2.88. The lowest BCUT2D eigenvalue weighted by atomic mass is 10.0. The maximum Gasteiger partial charge on any atom is 0.418 e. The molecule has 0 aliphatic rings. The number of nitrogens with zero attached hydrogens (tertiary/aromatic N) is 2. The summed E-state index contributed by atoms with van der Waals surface area (Å²) in [5.41, 5.74) is -0.380. The van der Waals surface area contributed by atoms with Gasteiger partial charge >= 0.3 is 6.18 Å². The van der Waals surface area contributed by atoms with E-state index >= 15 is 0 Å². The minimum atomic E-state index is -4.51. The van der Waals surface area contributed by atoms with Crippen LogP contribution in [0.4, 0.5) is 13.2 Å². The fraction of sp³-hybridized carbons (Fsp3) is 0.333. The monoisotopic (exact) mass is 250 g/mol. The lowest BCUT2D eigenvalue weighted by molar-refractivity contribution is -0.137. The molecule has 16 heavy (non-hydrogen) atoms. The number of aromatic nitrogens is 2. The number of hydrogen-bond donors (Lipinski definition) is 0. The maximum atomic E-state index is 12.8. The molecule has 0 N–H and O–H groups in total. The van der Waals surface area contributed by atoms with Gasteiger partial charge in [-0.05, 0) is 35.3 Å². The van der Waals surface area contributed by atoms with E-state index in [1.807, 2.05) is 0 Å². The van der Waals surface area contributed by atoms with Crippen molar-refractivity contribution in [3.8, 4) is 0 Å². The molecule has 86 valence electrons. The van der Waals surface area contributed by atoms with Crippen molar-refractivity contribution in [2.75, 3.05) is 0 Å². The molecular weight excluding hydrogens is 245 g/mol. The molecule has 0 bridgehead atoms. The Morgan fingerprint density at radius 1 is 1.06 bits per heavy atom. The summed E-state index contributed by atoms with van der Waals surface area (Å²) in [7, 11) is 0. The fourth-order valence-corrected chi connectivity index (χ4v) is 1.93. The Hall–Kier alpha value is -1.30. The van der Waals surface area contributed by atoms with Gasteiger partial charge in [-0.3, -0.25) is 0 Å². The normalized spacial score (nSPS) is 12.4. The number of aryl methyl sites for hydroxylation is 2. The van der Waals surface area contributed by atoms with E-state index in [0.29, 0.717) is 0 Å². The molecule has 3 nitrogen and oxygen atoms in total. The predicted molar refractivity (Wildman–Crippen MR) is 51.3 cm³/mol. The Kier molecular flexibility index (Phi) is 2.34. The van der Waals surface area contributed by atoms with Crippen LogP contribution in [0.5, 0.6) is 0 Å². The highest BCUT2D eigenvalue weighted by atomic mass is 35.5. The van der Waals surface area contributed by atoms with Crippen LogP contribution in [0.25, 0.3) is 11.0 Å². The van der Waals surface area contributed by atoms with E-state index in [0.717, 1.165) is 0 Å². The van der Waals surface area contributed by atoms with Crippen molar-refractivity contribution >= 4 is 22.6 Å². The molecule has 0 saturated carbocycles. The third kappa shape index (κ3) is 1.44. The average Bonchev–Trinajstić information content (AvgIpc) is 2.61. The molecule has 0 saturated heterocycles. The predicted octanol–water partition coefficient (Wildman–Crippen LogP) is 3.51. The second-order valence-electron chi connectivity index (χ2n) is 3.40. The van der Waals surface area contributed by atoms with Crippen LogP contribution in [0.1, 0.15) is 16.7 Å². The second kappa shape index (κ2) is 3.35. The molecule has 7 heteroatoms. The van der Waals surface area contributed by atoms with Gasteiger partial charge in [0.05, 0.1) is 10.6 Å². The van der Waals surface area contributed by atoms with Gasteiger partial charge in [-0.15, -0.1) is 0 Å². The molecule has 0 amide bonds. The first-order valence-corrected chi connectivity index (χ1v) is 4.70. The van der Waals surface area contributed by atoms with Crippen LogP contribution >= 0.6 is 11.6 Å². The van der Waals surface area contributed by atoms with Gasteiger partial charge in [-0.1, -0.05) is 11.6 Å². The van der Waals surface area contributed by atoms with E-state index in [1.54, 1.807) is 0 Å². The first-order valence-electron chi connectivity index (χ1n) is 4.32. The number of alkyl halides is 3. The number of hydrogen-bond acceptors (Lipinski definition) is 3. The molecule has 0 aliphatic heterocycles. The molecule has 0 aliphatic carbocycles.